The largest absolute Gasteiger partial charge is 0.296 e. The summed E-state index contributed by atoms with van der Waals surface area (Å²) in [7, 11) is 0. The lowest BCUT2D eigenvalue weighted by atomic mass is 9.96. The van der Waals surface area contributed by atoms with E-state index in [0.717, 1.165) is 0 Å². The number of aromatic nitrogens is 1. The predicted octanol–water partition coefficient (Wildman–Crippen LogP) is 5.56. The van der Waals surface area contributed by atoms with E-state index in [0.29, 0.717) is 6.04 Å². The van der Waals surface area contributed by atoms with Crippen LogP contribution in [0.3, 0.4) is 0 Å². The second kappa shape index (κ2) is 8.51. The Kier molecular flexibility index (Phi) is 6.12. The third kappa shape index (κ3) is 4.36. The topological polar surface area (TPSA) is 16.1 Å². The number of pyridine rings is 1. The zero-order chi connectivity index (χ0) is 15.9. The van der Waals surface area contributed by atoms with Crippen LogP contribution < -0.4 is 0 Å². The van der Waals surface area contributed by atoms with Crippen molar-refractivity contribution in [2.75, 3.05) is 13.1 Å². The van der Waals surface area contributed by atoms with E-state index in [1.807, 2.05) is 6.20 Å². The van der Waals surface area contributed by atoms with E-state index < -0.39 is 0 Å². The molecule has 2 nitrogen and oxygen atoms in total. The lowest BCUT2D eigenvalue weighted by Crippen LogP contribution is -2.34. The molecule has 23 heavy (non-hydrogen) atoms. The summed E-state index contributed by atoms with van der Waals surface area (Å²) >= 11 is 1.80. The summed E-state index contributed by atoms with van der Waals surface area (Å²) in [6.07, 6.45) is 8.41. The number of benzene rings is 1. The van der Waals surface area contributed by atoms with Crippen molar-refractivity contribution in [1.82, 2.24) is 9.88 Å². The fraction of sp³-hybridized carbons (Fsp3) is 0.450. The molecular weight excluding hydrogens is 300 g/mol. The van der Waals surface area contributed by atoms with E-state index in [1.54, 1.807) is 11.8 Å². The number of likely N-dealkylation sites (tertiary alicyclic amines) is 1. The molecule has 2 heterocycles. The highest BCUT2D eigenvalue weighted by molar-refractivity contribution is 7.99. The number of unbranched alkanes of at least 4 members (excludes halogenated alkanes) is 1. The van der Waals surface area contributed by atoms with Gasteiger partial charge in [-0.3, -0.25) is 4.90 Å². The van der Waals surface area contributed by atoms with Gasteiger partial charge in [-0.2, -0.15) is 0 Å². The van der Waals surface area contributed by atoms with Gasteiger partial charge in [-0.1, -0.05) is 55.8 Å². The predicted molar refractivity (Wildman–Crippen MR) is 97.9 cm³/mol. The third-order valence-electron chi connectivity index (χ3n) is 4.53. The van der Waals surface area contributed by atoms with Crippen molar-refractivity contribution in [2.24, 2.45) is 0 Å². The standard InChI is InChI=1S/C20H26N2S/c1-2-3-15-22-16-8-7-13-19(22)18-12-9-14-21-20(18)23-17-10-5-4-6-11-17/h4-6,9-12,14,19H,2-3,7-8,13,15-16H2,1H3. The fourth-order valence-corrected chi connectivity index (χ4v) is 4.27. The molecule has 0 radical (unpaired) electrons. The maximum absolute atomic E-state index is 4.70. The van der Waals surface area contributed by atoms with Crippen LogP contribution in [0.5, 0.6) is 0 Å². The third-order valence-corrected chi connectivity index (χ3v) is 5.57. The first-order valence-electron chi connectivity index (χ1n) is 8.80. The van der Waals surface area contributed by atoms with Crippen molar-refractivity contribution in [3.8, 4) is 0 Å². The molecular formula is C20H26N2S. The number of rotatable bonds is 6. The highest BCUT2D eigenvalue weighted by Crippen LogP contribution is 2.37. The van der Waals surface area contributed by atoms with Crippen molar-refractivity contribution in [1.29, 1.82) is 0 Å². The molecule has 0 saturated carbocycles. The molecule has 0 spiro atoms. The van der Waals surface area contributed by atoms with Crippen LogP contribution in [-0.2, 0) is 0 Å². The zero-order valence-electron chi connectivity index (χ0n) is 13.9. The molecule has 1 atom stereocenters. The van der Waals surface area contributed by atoms with Crippen molar-refractivity contribution < 1.29 is 0 Å². The molecule has 1 aliphatic rings. The van der Waals surface area contributed by atoms with E-state index in [-0.39, 0.29) is 0 Å². The van der Waals surface area contributed by atoms with E-state index in [1.165, 1.54) is 60.7 Å². The zero-order valence-corrected chi connectivity index (χ0v) is 14.8. The maximum Gasteiger partial charge on any atom is 0.105 e. The van der Waals surface area contributed by atoms with Gasteiger partial charge in [0.2, 0.25) is 0 Å². The Morgan fingerprint density at radius 3 is 2.83 bits per heavy atom. The summed E-state index contributed by atoms with van der Waals surface area (Å²) in [5, 5.41) is 1.17. The Hall–Kier alpha value is -1.32. The number of hydrogen-bond donors (Lipinski definition) is 0. The molecule has 0 N–H and O–H groups in total. The van der Waals surface area contributed by atoms with Gasteiger partial charge in [-0.05, 0) is 50.6 Å². The van der Waals surface area contributed by atoms with Crippen LogP contribution in [-0.4, -0.2) is 23.0 Å². The summed E-state index contributed by atoms with van der Waals surface area (Å²) in [4.78, 5) is 8.65. The van der Waals surface area contributed by atoms with Crippen molar-refractivity contribution >= 4 is 11.8 Å². The van der Waals surface area contributed by atoms with E-state index in [9.17, 15) is 0 Å². The van der Waals surface area contributed by atoms with Gasteiger partial charge in [-0.15, -0.1) is 0 Å². The van der Waals surface area contributed by atoms with Crippen molar-refractivity contribution in [3.05, 3.63) is 54.2 Å². The Morgan fingerprint density at radius 1 is 1.13 bits per heavy atom. The Bertz CT molecular complexity index is 600. The lowest BCUT2D eigenvalue weighted by Gasteiger charge is -2.36. The molecule has 0 aliphatic carbocycles. The van der Waals surface area contributed by atoms with Crippen LogP contribution in [0.1, 0.15) is 50.6 Å². The molecule has 1 unspecified atom stereocenters. The highest BCUT2D eigenvalue weighted by Gasteiger charge is 2.26. The molecule has 1 aromatic heterocycles. The summed E-state index contributed by atoms with van der Waals surface area (Å²) < 4.78 is 0. The smallest absolute Gasteiger partial charge is 0.105 e. The van der Waals surface area contributed by atoms with Gasteiger partial charge in [0.15, 0.2) is 0 Å². The molecule has 1 saturated heterocycles. The van der Waals surface area contributed by atoms with E-state index in [2.05, 4.69) is 54.3 Å². The lowest BCUT2D eigenvalue weighted by molar-refractivity contribution is 0.144. The van der Waals surface area contributed by atoms with Gasteiger partial charge < -0.3 is 0 Å². The normalized spacial score (nSPS) is 18.9. The second-order valence-electron chi connectivity index (χ2n) is 6.21. The van der Waals surface area contributed by atoms with Gasteiger partial charge in [0.1, 0.15) is 5.03 Å². The maximum atomic E-state index is 4.70. The number of piperidine rings is 1. The molecule has 1 aromatic carbocycles. The molecule has 1 aliphatic heterocycles. The molecule has 0 amide bonds. The Morgan fingerprint density at radius 2 is 2.00 bits per heavy atom. The summed E-state index contributed by atoms with van der Waals surface area (Å²) in [6.45, 7) is 4.72. The highest BCUT2D eigenvalue weighted by atomic mass is 32.2. The quantitative estimate of drug-likeness (QED) is 0.691. The minimum absolute atomic E-state index is 0.537. The Balaban J connectivity index is 1.83. The minimum atomic E-state index is 0.537. The van der Waals surface area contributed by atoms with Crippen molar-refractivity contribution in [2.45, 2.75) is 55.0 Å². The van der Waals surface area contributed by atoms with Crippen LogP contribution in [0.2, 0.25) is 0 Å². The molecule has 122 valence electrons. The van der Waals surface area contributed by atoms with Crippen molar-refractivity contribution in [3.63, 3.8) is 0 Å². The van der Waals surface area contributed by atoms with Gasteiger partial charge in [0, 0.05) is 22.7 Å². The average molecular weight is 327 g/mol. The van der Waals surface area contributed by atoms with E-state index >= 15 is 0 Å². The van der Waals surface area contributed by atoms with Crippen LogP contribution in [0, 0.1) is 0 Å². The van der Waals surface area contributed by atoms with Crippen LogP contribution in [0.25, 0.3) is 0 Å². The molecule has 0 bridgehead atoms. The summed E-state index contributed by atoms with van der Waals surface area (Å²) in [6, 6.07) is 15.5. The first-order chi connectivity index (χ1) is 11.4. The first-order valence-corrected chi connectivity index (χ1v) is 9.62. The van der Waals surface area contributed by atoms with Gasteiger partial charge in [0.05, 0.1) is 0 Å². The number of nitrogens with zero attached hydrogens (tertiary/aromatic N) is 2. The summed E-state index contributed by atoms with van der Waals surface area (Å²) in [5.41, 5.74) is 1.41. The minimum Gasteiger partial charge on any atom is -0.296 e. The molecule has 3 rings (SSSR count). The number of hydrogen-bond acceptors (Lipinski definition) is 3. The van der Waals surface area contributed by atoms with Crippen LogP contribution in [0.15, 0.2) is 58.6 Å². The monoisotopic (exact) mass is 326 g/mol. The summed E-state index contributed by atoms with van der Waals surface area (Å²) in [5.74, 6) is 0. The van der Waals surface area contributed by atoms with Gasteiger partial charge >= 0.3 is 0 Å². The SMILES string of the molecule is CCCCN1CCCCC1c1cccnc1Sc1ccccc1. The van der Waals surface area contributed by atoms with Gasteiger partial charge in [0.25, 0.3) is 0 Å². The molecule has 1 fully saturated rings. The fourth-order valence-electron chi connectivity index (χ4n) is 3.31. The average Bonchev–Trinajstić information content (AvgIpc) is 2.62. The second-order valence-corrected chi connectivity index (χ2v) is 7.28. The molecule has 2 aromatic rings. The van der Waals surface area contributed by atoms with Crippen LogP contribution >= 0.6 is 11.8 Å². The van der Waals surface area contributed by atoms with E-state index in [4.69, 9.17) is 4.98 Å². The van der Waals surface area contributed by atoms with Crippen LogP contribution in [0.4, 0.5) is 0 Å². The first kappa shape index (κ1) is 16.5. The Labute approximate surface area is 144 Å². The molecule has 3 heteroatoms. The van der Waals surface area contributed by atoms with Gasteiger partial charge in [-0.25, -0.2) is 4.98 Å².